The van der Waals surface area contributed by atoms with Gasteiger partial charge in [-0.1, -0.05) is 26.0 Å². The smallest absolute Gasteiger partial charge is 0.226 e. The Labute approximate surface area is 114 Å². The normalized spacial score (nSPS) is 13.9. The van der Waals surface area contributed by atoms with Crippen molar-refractivity contribution in [2.45, 2.75) is 26.8 Å². The summed E-state index contributed by atoms with van der Waals surface area (Å²) in [7, 11) is 1.79. The second-order valence-corrected chi connectivity index (χ2v) is 4.89. The third-order valence-electron chi connectivity index (χ3n) is 3.40. The van der Waals surface area contributed by atoms with Gasteiger partial charge >= 0.3 is 0 Å². The maximum atomic E-state index is 12.9. The highest BCUT2D eigenvalue weighted by Gasteiger charge is 2.22. The topological polar surface area (TPSA) is 32.3 Å². The van der Waals surface area contributed by atoms with Crippen LogP contribution in [0.25, 0.3) is 0 Å². The molecule has 2 atom stereocenters. The summed E-state index contributed by atoms with van der Waals surface area (Å²) in [6.45, 7) is 7.41. The van der Waals surface area contributed by atoms with Crippen molar-refractivity contribution < 1.29 is 9.18 Å². The zero-order chi connectivity index (χ0) is 14.4. The van der Waals surface area contributed by atoms with Gasteiger partial charge in [-0.05, 0) is 31.2 Å². The third kappa shape index (κ3) is 4.31. The minimum atomic E-state index is -0.259. The molecule has 0 heterocycles. The van der Waals surface area contributed by atoms with Crippen LogP contribution in [0.5, 0.6) is 0 Å². The van der Waals surface area contributed by atoms with Gasteiger partial charge in [-0.2, -0.15) is 0 Å². The van der Waals surface area contributed by atoms with E-state index in [9.17, 15) is 9.18 Å². The van der Waals surface area contributed by atoms with Crippen LogP contribution in [0.15, 0.2) is 24.3 Å². The van der Waals surface area contributed by atoms with E-state index in [2.05, 4.69) is 5.32 Å². The summed E-state index contributed by atoms with van der Waals surface area (Å²) in [6.07, 6.45) is 0. The van der Waals surface area contributed by atoms with Crippen molar-refractivity contribution in [2.24, 2.45) is 5.92 Å². The van der Waals surface area contributed by atoms with Crippen LogP contribution >= 0.6 is 0 Å². The van der Waals surface area contributed by atoms with Crippen molar-refractivity contribution in [3.05, 3.63) is 35.6 Å². The molecule has 0 bridgehead atoms. The summed E-state index contributed by atoms with van der Waals surface area (Å²) in [6, 6.07) is 6.23. The molecule has 1 aromatic rings. The predicted molar refractivity (Wildman–Crippen MR) is 75.3 cm³/mol. The molecule has 1 aromatic carbocycles. The van der Waals surface area contributed by atoms with Crippen molar-refractivity contribution in [3.63, 3.8) is 0 Å². The predicted octanol–water partition coefficient (Wildman–Crippen LogP) is 2.59. The van der Waals surface area contributed by atoms with Gasteiger partial charge in [-0.15, -0.1) is 0 Å². The van der Waals surface area contributed by atoms with Crippen LogP contribution in [0.2, 0.25) is 0 Å². The molecule has 0 aromatic heterocycles. The van der Waals surface area contributed by atoms with Crippen molar-refractivity contribution in [1.29, 1.82) is 0 Å². The molecule has 0 spiro atoms. The number of nitrogens with zero attached hydrogens (tertiary/aromatic N) is 1. The number of carbonyl (C=O) groups is 1. The van der Waals surface area contributed by atoms with E-state index in [1.54, 1.807) is 24.1 Å². The summed E-state index contributed by atoms with van der Waals surface area (Å²) in [4.78, 5) is 14.0. The quantitative estimate of drug-likeness (QED) is 0.858. The zero-order valence-corrected chi connectivity index (χ0v) is 12.1. The molecule has 1 rings (SSSR count). The van der Waals surface area contributed by atoms with Crippen LogP contribution in [0, 0.1) is 11.7 Å². The van der Waals surface area contributed by atoms with E-state index in [4.69, 9.17) is 0 Å². The fourth-order valence-electron chi connectivity index (χ4n) is 1.95. The van der Waals surface area contributed by atoms with Crippen LogP contribution in [-0.4, -0.2) is 30.9 Å². The highest BCUT2D eigenvalue weighted by Crippen LogP contribution is 2.20. The fraction of sp³-hybridized carbons (Fsp3) is 0.533. The number of nitrogens with one attached hydrogen (secondary N) is 1. The molecule has 0 aliphatic rings. The lowest BCUT2D eigenvalue weighted by Gasteiger charge is -2.28. The molecule has 0 aliphatic carbocycles. The molecule has 106 valence electrons. The summed E-state index contributed by atoms with van der Waals surface area (Å²) in [5.74, 6) is -0.226. The first-order chi connectivity index (χ1) is 8.97. The SMILES string of the molecule is CCNCC(C)C(=O)N(C)C(C)c1ccc(F)cc1. The Morgan fingerprint density at radius 3 is 2.42 bits per heavy atom. The van der Waals surface area contributed by atoms with E-state index in [0.29, 0.717) is 6.54 Å². The fourth-order valence-corrected chi connectivity index (χ4v) is 1.95. The number of benzene rings is 1. The van der Waals surface area contributed by atoms with Gasteiger partial charge in [0.05, 0.1) is 6.04 Å². The van der Waals surface area contributed by atoms with Gasteiger partial charge in [0, 0.05) is 19.5 Å². The number of hydrogen-bond acceptors (Lipinski definition) is 2. The summed E-state index contributed by atoms with van der Waals surface area (Å²) in [5, 5.41) is 3.17. The molecule has 19 heavy (non-hydrogen) atoms. The van der Waals surface area contributed by atoms with Crippen LogP contribution < -0.4 is 5.32 Å². The number of carbonyl (C=O) groups excluding carboxylic acids is 1. The molecule has 2 unspecified atom stereocenters. The maximum Gasteiger partial charge on any atom is 0.226 e. The average molecular weight is 266 g/mol. The molecule has 0 fully saturated rings. The van der Waals surface area contributed by atoms with Gasteiger partial charge in [0.1, 0.15) is 5.82 Å². The van der Waals surface area contributed by atoms with E-state index in [0.717, 1.165) is 12.1 Å². The second-order valence-electron chi connectivity index (χ2n) is 4.89. The summed E-state index contributed by atoms with van der Waals surface area (Å²) in [5.41, 5.74) is 0.938. The monoisotopic (exact) mass is 266 g/mol. The lowest BCUT2D eigenvalue weighted by molar-refractivity contribution is -0.135. The largest absolute Gasteiger partial charge is 0.339 e. The van der Waals surface area contributed by atoms with E-state index in [1.165, 1.54) is 12.1 Å². The number of hydrogen-bond donors (Lipinski definition) is 1. The minimum Gasteiger partial charge on any atom is -0.339 e. The van der Waals surface area contributed by atoms with Gasteiger partial charge in [0.15, 0.2) is 0 Å². The molecule has 0 saturated heterocycles. The van der Waals surface area contributed by atoms with E-state index < -0.39 is 0 Å². The van der Waals surface area contributed by atoms with Crippen molar-refractivity contribution in [2.75, 3.05) is 20.1 Å². The third-order valence-corrected chi connectivity index (χ3v) is 3.40. The van der Waals surface area contributed by atoms with Gasteiger partial charge in [-0.25, -0.2) is 4.39 Å². The van der Waals surface area contributed by atoms with Gasteiger partial charge in [0.25, 0.3) is 0 Å². The van der Waals surface area contributed by atoms with Crippen molar-refractivity contribution in [1.82, 2.24) is 10.2 Å². The molecule has 4 heteroatoms. The Morgan fingerprint density at radius 2 is 1.89 bits per heavy atom. The molecule has 0 radical (unpaired) electrons. The van der Waals surface area contributed by atoms with E-state index >= 15 is 0 Å². The van der Waals surface area contributed by atoms with Crippen molar-refractivity contribution >= 4 is 5.91 Å². The number of amides is 1. The Kier molecular flexibility index (Phi) is 5.96. The summed E-state index contributed by atoms with van der Waals surface area (Å²) >= 11 is 0. The molecule has 3 nitrogen and oxygen atoms in total. The lowest BCUT2D eigenvalue weighted by Crippen LogP contribution is -2.38. The molecule has 0 aliphatic heterocycles. The van der Waals surface area contributed by atoms with Gasteiger partial charge in [-0.3, -0.25) is 4.79 Å². The lowest BCUT2D eigenvalue weighted by atomic mass is 10.0. The molecular formula is C15H23FN2O. The molecule has 1 amide bonds. The van der Waals surface area contributed by atoms with Crippen LogP contribution in [-0.2, 0) is 4.79 Å². The van der Waals surface area contributed by atoms with Gasteiger partial charge in [0.2, 0.25) is 5.91 Å². The molecular weight excluding hydrogens is 243 g/mol. The Hall–Kier alpha value is -1.42. The van der Waals surface area contributed by atoms with E-state index in [1.807, 2.05) is 20.8 Å². The summed E-state index contributed by atoms with van der Waals surface area (Å²) < 4.78 is 12.9. The Bertz CT molecular complexity index is 405. The molecule has 0 saturated carbocycles. The van der Waals surface area contributed by atoms with Gasteiger partial charge < -0.3 is 10.2 Å². The van der Waals surface area contributed by atoms with Crippen molar-refractivity contribution in [3.8, 4) is 0 Å². The van der Waals surface area contributed by atoms with E-state index in [-0.39, 0.29) is 23.7 Å². The first kappa shape index (κ1) is 15.6. The number of halogens is 1. The standard InChI is InChI=1S/C15H23FN2O/c1-5-17-10-11(2)15(19)18(4)12(3)13-6-8-14(16)9-7-13/h6-9,11-12,17H,5,10H2,1-4H3. The number of rotatable bonds is 6. The highest BCUT2D eigenvalue weighted by atomic mass is 19.1. The molecule has 1 N–H and O–H groups in total. The maximum absolute atomic E-state index is 12.9. The highest BCUT2D eigenvalue weighted by molar-refractivity contribution is 5.78. The minimum absolute atomic E-state index is 0.0582. The first-order valence-electron chi connectivity index (χ1n) is 6.70. The first-order valence-corrected chi connectivity index (χ1v) is 6.70. The second kappa shape index (κ2) is 7.24. The Balaban J connectivity index is 2.67. The van der Waals surface area contributed by atoms with Crippen LogP contribution in [0.3, 0.4) is 0 Å². The zero-order valence-electron chi connectivity index (χ0n) is 12.1. The Morgan fingerprint density at radius 1 is 1.32 bits per heavy atom. The average Bonchev–Trinajstić information content (AvgIpc) is 2.43. The van der Waals surface area contributed by atoms with Crippen LogP contribution in [0.1, 0.15) is 32.4 Å². The van der Waals surface area contributed by atoms with Crippen LogP contribution in [0.4, 0.5) is 4.39 Å².